The summed E-state index contributed by atoms with van der Waals surface area (Å²) in [4.78, 5) is 38.3. The van der Waals surface area contributed by atoms with Crippen LogP contribution in [0, 0.1) is 0 Å². The Bertz CT molecular complexity index is 933. The van der Waals surface area contributed by atoms with Gasteiger partial charge in [-0.1, -0.05) is 18.2 Å². The number of rotatable bonds is 3. The third-order valence-electron chi connectivity index (χ3n) is 5.34. The molecule has 29 heavy (non-hydrogen) atoms. The summed E-state index contributed by atoms with van der Waals surface area (Å²) in [5.41, 5.74) is 3.40. The highest BCUT2D eigenvalue weighted by Gasteiger charge is 2.32. The largest absolute Gasteiger partial charge is 0.336 e. The molecular weight excluding hydrogens is 368 g/mol. The van der Waals surface area contributed by atoms with Gasteiger partial charge in [0.1, 0.15) is 0 Å². The first kappa shape index (κ1) is 19.1. The van der Waals surface area contributed by atoms with Crippen LogP contribution in [0.3, 0.4) is 0 Å². The van der Waals surface area contributed by atoms with Crippen LogP contribution in [-0.4, -0.2) is 53.8 Å². The van der Waals surface area contributed by atoms with E-state index in [0.29, 0.717) is 43.9 Å². The monoisotopic (exact) mass is 392 g/mol. The number of aryl methyl sites for hydroxylation is 1. The van der Waals surface area contributed by atoms with E-state index in [9.17, 15) is 14.4 Å². The average molecular weight is 392 g/mol. The molecule has 150 valence electrons. The molecule has 1 N–H and O–H groups in total. The number of piperazine rings is 1. The summed E-state index contributed by atoms with van der Waals surface area (Å²) >= 11 is 0. The Labute approximate surface area is 169 Å². The maximum absolute atomic E-state index is 12.8. The number of anilines is 2. The summed E-state index contributed by atoms with van der Waals surface area (Å²) in [5, 5.41) is 6.54. The molecule has 2 aliphatic heterocycles. The molecule has 0 radical (unpaired) electrons. The maximum atomic E-state index is 12.8. The molecule has 0 saturated carbocycles. The number of nitrogens with zero attached hydrogens (tertiary/aromatic N) is 3. The van der Waals surface area contributed by atoms with Crippen molar-refractivity contribution in [2.75, 3.05) is 36.5 Å². The second kappa shape index (κ2) is 8.05. The van der Waals surface area contributed by atoms with Crippen LogP contribution in [-0.2, 0) is 16.0 Å². The number of hydrogen-bond acceptors (Lipinski definition) is 4. The minimum atomic E-state index is -0.144. The molecule has 7 nitrogen and oxygen atoms in total. The van der Waals surface area contributed by atoms with Gasteiger partial charge in [0.15, 0.2) is 0 Å². The third-order valence-corrected chi connectivity index (χ3v) is 5.34. The lowest BCUT2D eigenvalue weighted by atomic mass is 10.0. The van der Waals surface area contributed by atoms with Crippen LogP contribution >= 0.6 is 0 Å². The van der Waals surface area contributed by atoms with Crippen LogP contribution in [0.1, 0.15) is 29.3 Å². The average Bonchev–Trinajstić information content (AvgIpc) is 2.73. The summed E-state index contributed by atoms with van der Waals surface area (Å²) < 4.78 is 0. The molecule has 1 fully saturated rings. The van der Waals surface area contributed by atoms with E-state index in [1.165, 1.54) is 12.5 Å². The van der Waals surface area contributed by atoms with Gasteiger partial charge in [-0.25, -0.2) is 10.0 Å². The summed E-state index contributed by atoms with van der Waals surface area (Å²) in [5.74, 6) is -0.0736. The van der Waals surface area contributed by atoms with Gasteiger partial charge < -0.3 is 10.2 Å². The zero-order valence-electron chi connectivity index (χ0n) is 16.4. The van der Waals surface area contributed by atoms with Crippen LogP contribution in [0.15, 0.2) is 48.5 Å². The van der Waals surface area contributed by atoms with Gasteiger partial charge in [0.2, 0.25) is 11.8 Å². The molecule has 0 bridgehead atoms. The van der Waals surface area contributed by atoms with E-state index in [0.717, 1.165) is 12.1 Å². The van der Waals surface area contributed by atoms with Crippen LogP contribution in [0.5, 0.6) is 0 Å². The zero-order chi connectivity index (χ0) is 20.4. The minimum absolute atomic E-state index is 0.0376. The topological polar surface area (TPSA) is 73.0 Å². The Morgan fingerprint density at radius 2 is 1.59 bits per heavy atom. The standard InChI is InChI=1S/C22H24N4O3/c1-16(27)23-19-9-6-18(7-10-19)22(29)24-12-14-25(15-13-24)26-20-5-3-2-4-17(20)8-11-21(26)28/h2-7,9-10H,8,11-15H2,1H3,(H,23,27). The molecule has 7 heteroatoms. The fourth-order valence-electron chi connectivity index (χ4n) is 3.90. The van der Waals surface area contributed by atoms with E-state index in [-0.39, 0.29) is 17.7 Å². The van der Waals surface area contributed by atoms with Crippen molar-refractivity contribution in [1.29, 1.82) is 0 Å². The second-order valence-electron chi connectivity index (χ2n) is 7.34. The predicted molar refractivity (Wildman–Crippen MR) is 110 cm³/mol. The number of carbonyl (C=O) groups excluding carboxylic acids is 3. The number of hydrogen-bond donors (Lipinski definition) is 1. The molecule has 2 heterocycles. The number of hydrazine groups is 1. The summed E-state index contributed by atoms with van der Waals surface area (Å²) in [6.45, 7) is 3.77. The van der Waals surface area contributed by atoms with Gasteiger partial charge in [-0.3, -0.25) is 14.4 Å². The third kappa shape index (κ3) is 4.00. The molecule has 3 amide bonds. The fraction of sp³-hybridized carbons (Fsp3) is 0.318. The van der Waals surface area contributed by atoms with E-state index in [4.69, 9.17) is 0 Å². The molecule has 4 rings (SSSR count). The van der Waals surface area contributed by atoms with Crippen LogP contribution in [0.2, 0.25) is 0 Å². The van der Waals surface area contributed by atoms with E-state index in [1.54, 1.807) is 29.3 Å². The predicted octanol–water partition coefficient (Wildman–Crippen LogP) is 2.30. The second-order valence-corrected chi connectivity index (χ2v) is 7.34. The Balaban J connectivity index is 1.41. The van der Waals surface area contributed by atoms with Gasteiger partial charge in [-0.2, -0.15) is 0 Å². The van der Waals surface area contributed by atoms with Gasteiger partial charge in [0.05, 0.1) is 5.69 Å². The first-order chi connectivity index (χ1) is 14.0. The summed E-state index contributed by atoms with van der Waals surface area (Å²) in [7, 11) is 0. The molecule has 2 aromatic rings. The van der Waals surface area contributed by atoms with Gasteiger partial charge in [-0.15, -0.1) is 0 Å². The number of amides is 3. The van der Waals surface area contributed by atoms with Crippen LogP contribution < -0.4 is 10.3 Å². The SMILES string of the molecule is CC(=O)Nc1ccc(C(=O)N2CCN(N3C(=O)CCc4ccccc43)CC2)cc1. The Morgan fingerprint density at radius 3 is 2.28 bits per heavy atom. The molecular formula is C22H24N4O3. The van der Waals surface area contributed by atoms with Gasteiger partial charge >= 0.3 is 0 Å². The van der Waals surface area contributed by atoms with E-state index in [1.807, 2.05) is 28.1 Å². The maximum Gasteiger partial charge on any atom is 0.253 e. The number of benzene rings is 2. The Morgan fingerprint density at radius 1 is 0.897 bits per heavy atom. The van der Waals surface area contributed by atoms with E-state index >= 15 is 0 Å². The van der Waals surface area contributed by atoms with E-state index < -0.39 is 0 Å². The minimum Gasteiger partial charge on any atom is -0.336 e. The lowest BCUT2D eigenvalue weighted by molar-refractivity contribution is -0.122. The number of carbonyl (C=O) groups is 3. The molecule has 0 spiro atoms. The molecule has 0 aliphatic carbocycles. The summed E-state index contributed by atoms with van der Waals surface area (Å²) in [6, 6.07) is 14.9. The number of nitrogens with one attached hydrogen (secondary N) is 1. The fourth-order valence-corrected chi connectivity index (χ4v) is 3.90. The number of para-hydroxylation sites is 1. The van der Waals surface area contributed by atoms with Gasteiger partial charge in [0.25, 0.3) is 5.91 Å². The molecule has 1 saturated heterocycles. The van der Waals surface area contributed by atoms with E-state index in [2.05, 4.69) is 11.4 Å². The lowest BCUT2D eigenvalue weighted by Crippen LogP contribution is -2.57. The van der Waals surface area contributed by atoms with Crippen LogP contribution in [0.4, 0.5) is 11.4 Å². The normalized spacial score (nSPS) is 17.1. The molecule has 0 atom stereocenters. The van der Waals surface area contributed by atoms with Crippen molar-refractivity contribution in [1.82, 2.24) is 9.91 Å². The van der Waals surface area contributed by atoms with Crippen molar-refractivity contribution in [3.63, 3.8) is 0 Å². The van der Waals surface area contributed by atoms with Crippen molar-refractivity contribution in [3.05, 3.63) is 59.7 Å². The highest BCUT2D eigenvalue weighted by atomic mass is 16.2. The van der Waals surface area contributed by atoms with Crippen molar-refractivity contribution in [2.45, 2.75) is 19.8 Å². The highest BCUT2D eigenvalue weighted by Crippen LogP contribution is 2.29. The lowest BCUT2D eigenvalue weighted by Gasteiger charge is -2.43. The van der Waals surface area contributed by atoms with Crippen LogP contribution in [0.25, 0.3) is 0 Å². The zero-order valence-corrected chi connectivity index (χ0v) is 16.4. The Hall–Kier alpha value is -3.19. The first-order valence-corrected chi connectivity index (χ1v) is 9.85. The molecule has 0 aromatic heterocycles. The van der Waals surface area contributed by atoms with Crippen molar-refractivity contribution >= 4 is 29.1 Å². The Kier molecular flexibility index (Phi) is 5.31. The quantitative estimate of drug-likeness (QED) is 0.870. The molecule has 0 unspecified atom stereocenters. The molecule has 2 aromatic carbocycles. The van der Waals surface area contributed by atoms with Crippen molar-refractivity contribution in [2.24, 2.45) is 0 Å². The smallest absolute Gasteiger partial charge is 0.253 e. The molecule has 2 aliphatic rings. The number of fused-ring (bicyclic) bond motifs is 1. The van der Waals surface area contributed by atoms with Gasteiger partial charge in [0, 0.05) is 50.8 Å². The van der Waals surface area contributed by atoms with Crippen molar-refractivity contribution < 1.29 is 14.4 Å². The van der Waals surface area contributed by atoms with Crippen molar-refractivity contribution in [3.8, 4) is 0 Å². The first-order valence-electron chi connectivity index (χ1n) is 9.85. The van der Waals surface area contributed by atoms with Gasteiger partial charge in [-0.05, 0) is 42.3 Å². The summed E-state index contributed by atoms with van der Waals surface area (Å²) in [6.07, 6.45) is 1.29. The highest BCUT2D eigenvalue weighted by molar-refractivity contribution is 5.96.